The van der Waals surface area contributed by atoms with Crippen LogP contribution in [0.15, 0.2) is 18.2 Å². The maximum Gasteiger partial charge on any atom is 0.251 e. The number of anilines is 1. The molecule has 0 spiro atoms. The fourth-order valence-corrected chi connectivity index (χ4v) is 3.23. The lowest BCUT2D eigenvalue weighted by Gasteiger charge is -2.39. The number of benzene rings is 1. The van der Waals surface area contributed by atoms with Crippen LogP contribution >= 0.6 is 0 Å². The fraction of sp³-hybridized carbons (Fsp3) is 0.611. The van der Waals surface area contributed by atoms with Crippen LogP contribution in [0.25, 0.3) is 0 Å². The van der Waals surface area contributed by atoms with Gasteiger partial charge >= 0.3 is 0 Å². The zero-order valence-electron chi connectivity index (χ0n) is 13.8. The van der Waals surface area contributed by atoms with Crippen LogP contribution in [-0.2, 0) is 0 Å². The number of hydrogen-bond donors (Lipinski definition) is 2. The molecule has 2 rings (SSSR count). The van der Waals surface area contributed by atoms with Gasteiger partial charge in [0, 0.05) is 23.8 Å². The number of carbonyl (C=O) groups is 1. The van der Waals surface area contributed by atoms with Gasteiger partial charge in [-0.25, -0.2) is 0 Å². The molecule has 1 aliphatic carbocycles. The number of rotatable bonds is 4. The molecule has 21 heavy (non-hydrogen) atoms. The average molecular weight is 288 g/mol. The SMILES string of the molecule is CCNc1ccc(C(=O)NC2CCCCC2(C)C)c(C)c1. The Kier molecular flexibility index (Phi) is 4.92. The summed E-state index contributed by atoms with van der Waals surface area (Å²) in [6.45, 7) is 9.49. The Balaban J connectivity index is 2.09. The van der Waals surface area contributed by atoms with E-state index in [1.54, 1.807) is 0 Å². The van der Waals surface area contributed by atoms with Crippen LogP contribution in [0.2, 0.25) is 0 Å². The molecule has 0 heterocycles. The predicted molar refractivity (Wildman–Crippen MR) is 88.8 cm³/mol. The van der Waals surface area contributed by atoms with Crippen molar-refractivity contribution in [3.8, 4) is 0 Å². The molecule has 1 fully saturated rings. The van der Waals surface area contributed by atoms with Gasteiger partial charge in [-0.1, -0.05) is 26.7 Å². The van der Waals surface area contributed by atoms with E-state index in [1.807, 2.05) is 25.1 Å². The molecule has 1 saturated carbocycles. The van der Waals surface area contributed by atoms with Gasteiger partial charge in [-0.2, -0.15) is 0 Å². The van der Waals surface area contributed by atoms with Gasteiger partial charge in [0.15, 0.2) is 0 Å². The van der Waals surface area contributed by atoms with E-state index >= 15 is 0 Å². The number of carbonyl (C=O) groups excluding carboxylic acids is 1. The molecule has 0 aliphatic heterocycles. The van der Waals surface area contributed by atoms with Crippen LogP contribution in [0.5, 0.6) is 0 Å². The van der Waals surface area contributed by atoms with Crippen molar-refractivity contribution >= 4 is 11.6 Å². The number of amides is 1. The van der Waals surface area contributed by atoms with Gasteiger partial charge in [0.25, 0.3) is 5.91 Å². The molecule has 1 unspecified atom stereocenters. The molecule has 0 bridgehead atoms. The minimum Gasteiger partial charge on any atom is -0.385 e. The van der Waals surface area contributed by atoms with E-state index in [9.17, 15) is 4.79 Å². The second-order valence-electron chi connectivity index (χ2n) is 6.82. The summed E-state index contributed by atoms with van der Waals surface area (Å²) < 4.78 is 0. The molecule has 1 amide bonds. The highest BCUT2D eigenvalue weighted by Crippen LogP contribution is 2.35. The average Bonchev–Trinajstić information content (AvgIpc) is 2.41. The molecular formula is C18H28N2O. The van der Waals surface area contributed by atoms with Crippen LogP contribution in [0.3, 0.4) is 0 Å². The van der Waals surface area contributed by atoms with Crippen molar-refractivity contribution in [3.63, 3.8) is 0 Å². The third kappa shape index (κ3) is 3.78. The molecular weight excluding hydrogens is 260 g/mol. The summed E-state index contributed by atoms with van der Waals surface area (Å²) in [6.07, 6.45) is 4.77. The summed E-state index contributed by atoms with van der Waals surface area (Å²) in [5.74, 6) is 0.0653. The van der Waals surface area contributed by atoms with E-state index in [4.69, 9.17) is 0 Å². The van der Waals surface area contributed by atoms with Gasteiger partial charge < -0.3 is 10.6 Å². The monoisotopic (exact) mass is 288 g/mol. The second-order valence-corrected chi connectivity index (χ2v) is 6.82. The summed E-state index contributed by atoms with van der Waals surface area (Å²) in [7, 11) is 0. The van der Waals surface area contributed by atoms with E-state index in [-0.39, 0.29) is 17.4 Å². The van der Waals surface area contributed by atoms with Crippen molar-refractivity contribution < 1.29 is 4.79 Å². The normalized spacial score (nSPS) is 20.9. The second kappa shape index (κ2) is 6.50. The predicted octanol–water partition coefficient (Wildman–Crippen LogP) is 4.13. The first-order valence-electron chi connectivity index (χ1n) is 8.09. The Morgan fingerprint density at radius 2 is 2.10 bits per heavy atom. The first-order chi connectivity index (χ1) is 9.94. The summed E-state index contributed by atoms with van der Waals surface area (Å²) in [6, 6.07) is 6.24. The highest BCUT2D eigenvalue weighted by Gasteiger charge is 2.33. The molecule has 1 aromatic carbocycles. The van der Waals surface area contributed by atoms with Gasteiger partial charge in [0.1, 0.15) is 0 Å². The Morgan fingerprint density at radius 1 is 1.33 bits per heavy atom. The van der Waals surface area contributed by atoms with Crippen LogP contribution in [0, 0.1) is 12.3 Å². The zero-order chi connectivity index (χ0) is 15.5. The molecule has 1 aromatic rings. The van der Waals surface area contributed by atoms with Crippen LogP contribution in [0.1, 0.15) is 62.4 Å². The van der Waals surface area contributed by atoms with Gasteiger partial charge in [0.05, 0.1) is 0 Å². The lowest BCUT2D eigenvalue weighted by atomic mass is 9.73. The third-order valence-electron chi connectivity index (χ3n) is 4.66. The summed E-state index contributed by atoms with van der Waals surface area (Å²) >= 11 is 0. The molecule has 1 atom stereocenters. The number of nitrogens with one attached hydrogen (secondary N) is 2. The van der Waals surface area contributed by atoms with Gasteiger partial charge in [-0.15, -0.1) is 0 Å². The van der Waals surface area contributed by atoms with Crippen LogP contribution < -0.4 is 10.6 Å². The first-order valence-corrected chi connectivity index (χ1v) is 8.09. The van der Waals surface area contributed by atoms with Gasteiger partial charge in [-0.05, 0) is 55.9 Å². The molecule has 3 heteroatoms. The largest absolute Gasteiger partial charge is 0.385 e. The lowest BCUT2D eigenvalue weighted by Crippen LogP contribution is -2.46. The van der Waals surface area contributed by atoms with E-state index in [2.05, 4.69) is 31.4 Å². The van der Waals surface area contributed by atoms with Crippen LogP contribution in [0.4, 0.5) is 5.69 Å². The number of aryl methyl sites for hydroxylation is 1. The maximum absolute atomic E-state index is 12.6. The lowest BCUT2D eigenvalue weighted by molar-refractivity contribution is 0.0853. The molecule has 3 nitrogen and oxygen atoms in total. The highest BCUT2D eigenvalue weighted by molar-refractivity contribution is 5.96. The summed E-state index contributed by atoms with van der Waals surface area (Å²) in [5.41, 5.74) is 3.09. The molecule has 1 aliphatic rings. The Bertz CT molecular complexity index is 508. The van der Waals surface area contributed by atoms with Crippen molar-refractivity contribution in [2.45, 2.75) is 59.4 Å². The standard InChI is InChI=1S/C18H28N2O/c1-5-19-14-9-10-15(13(2)12-14)17(21)20-16-8-6-7-11-18(16,3)4/h9-10,12,16,19H,5-8,11H2,1-4H3,(H,20,21). The van der Waals surface area contributed by atoms with Crippen molar-refractivity contribution in [3.05, 3.63) is 29.3 Å². The summed E-state index contributed by atoms with van der Waals surface area (Å²) in [5, 5.41) is 6.54. The molecule has 0 aromatic heterocycles. The topological polar surface area (TPSA) is 41.1 Å². The van der Waals surface area contributed by atoms with Gasteiger partial charge in [-0.3, -0.25) is 4.79 Å². The molecule has 2 N–H and O–H groups in total. The molecule has 0 radical (unpaired) electrons. The van der Waals surface area contributed by atoms with E-state index in [0.717, 1.165) is 29.8 Å². The fourth-order valence-electron chi connectivity index (χ4n) is 3.23. The molecule has 0 saturated heterocycles. The van der Waals surface area contributed by atoms with E-state index < -0.39 is 0 Å². The maximum atomic E-state index is 12.6. The minimum absolute atomic E-state index is 0.0653. The highest BCUT2D eigenvalue weighted by atomic mass is 16.1. The molecule has 116 valence electrons. The number of hydrogen-bond acceptors (Lipinski definition) is 2. The minimum atomic E-state index is 0.0653. The first kappa shape index (κ1) is 15.9. The van der Waals surface area contributed by atoms with E-state index in [1.165, 1.54) is 19.3 Å². The van der Waals surface area contributed by atoms with Gasteiger partial charge in [0.2, 0.25) is 0 Å². The van der Waals surface area contributed by atoms with Crippen molar-refractivity contribution in [2.75, 3.05) is 11.9 Å². The summed E-state index contributed by atoms with van der Waals surface area (Å²) in [4.78, 5) is 12.6. The Labute approximate surface area is 128 Å². The van der Waals surface area contributed by atoms with Crippen molar-refractivity contribution in [1.29, 1.82) is 0 Å². The Hall–Kier alpha value is -1.51. The Morgan fingerprint density at radius 3 is 2.71 bits per heavy atom. The smallest absolute Gasteiger partial charge is 0.251 e. The van der Waals surface area contributed by atoms with Crippen molar-refractivity contribution in [1.82, 2.24) is 5.32 Å². The van der Waals surface area contributed by atoms with E-state index in [0.29, 0.717) is 0 Å². The quantitative estimate of drug-likeness (QED) is 0.875. The third-order valence-corrected chi connectivity index (χ3v) is 4.66. The van der Waals surface area contributed by atoms with Crippen LogP contribution in [-0.4, -0.2) is 18.5 Å². The zero-order valence-corrected chi connectivity index (χ0v) is 13.8. The van der Waals surface area contributed by atoms with Crippen molar-refractivity contribution in [2.24, 2.45) is 5.41 Å².